The summed E-state index contributed by atoms with van der Waals surface area (Å²) >= 11 is 1.02. The maximum atomic E-state index is 13.1. The van der Waals surface area contributed by atoms with E-state index in [1.165, 1.54) is 17.7 Å². The van der Waals surface area contributed by atoms with Crippen molar-refractivity contribution in [1.82, 2.24) is 9.88 Å². The number of carbonyl (C=O) groups excluding carboxylic acids is 1. The van der Waals surface area contributed by atoms with Crippen LogP contribution in [0.4, 0.5) is 9.52 Å². The van der Waals surface area contributed by atoms with Gasteiger partial charge in [0.2, 0.25) is 0 Å². The number of hydrogen-bond acceptors (Lipinski definition) is 5. The molecule has 32 heavy (non-hydrogen) atoms. The molecule has 9 heteroatoms. The van der Waals surface area contributed by atoms with Gasteiger partial charge in [0.05, 0.1) is 10.6 Å². The van der Waals surface area contributed by atoms with Crippen molar-refractivity contribution in [2.45, 2.75) is 31.1 Å². The van der Waals surface area contributed by atoms with Crippen LogP contribution in [-0.2, 0) is 16.4 Å². The molecule has 1 amide bonds. The molecule has 2 aromatic carbocycles. The Bertz CT molecular complexity index is 1190. The molecule has 1 aliphatic rings. The zero-order chi connectivity index (χ0) is 22.7. The van der Waals surface area contributed by atoms with Gasteiger partial charge in [-0.15, -0.1) is 0 Å². The third-order valence-electron chi connectivity index (χ3n) is 5.61. The van der Waals surface area contributed by atoms with Gasteiger partial charge in [0.15, 0.2) is 5.13 Å². The van der Waals surface area contributed by atoms with Crippen LogP contribution in [0.2, 0.25) is 0 Å². The molecule has 0 aliphatic carbocycles. The smallest absolute Gasteiger partial charge is 0.265 e. The summed E-state index contributed by atoms with van der Waals surface area (Å²) in [6.07, 6.45) is 2.88. The number of anilines is 1. The fourth-order valence-corrected chi connectivity index (χ4v) is 6.03. The molecule has 0 atom stereocenters. The number of nitrogens with one attached hydrogen (secondary N) is 1. The SMILES string of the molecule is Cc1nc(NS(=O)(=O)c2ccc(F)cc2)sc1C(=O)N1CCC(Cc2ccccc2)CC1. The lowest BCUT2D eigenvalue weighted by Crippen LogP contribution is -2.38. The highest BCUT2D eigenvalue weighted by Gasteiger charge is 2.27. The van der Waals surface area contributed by atoms with E-state index >= 15 is 0 Å². The second-order valence-electron chi connectivity index (χ2n) is 7.92. The number of sulfonamides is 1. The molecule has 1 N–H and O–H groups in total. The van der Waals surface area contributed by atoms with Gasteiger partial charge in [-0.05, 0) is 61.9 Å². The summed E-state index contributed by atoms with van der Waals surface area (Å²) in [5, 5.41) is 0.120. The van der Waals surface area contributed by atoms with Gasteiger partial charge >= 0.3 is 0 Å². The van der Waals surface area contributed by atoms with Crippen molar-refractivity contribution >= 4 is 32.4 Å². The maximum Gasteiger partial charge on any atom is 0.265 e. The van der Waals surface area contributed by atoms with Gasteiger partial charge in [-0.2, -0.15) is 0 Å². The highest BCUT2D eigenvalue weighted by atomic mass is 32.2. The number of aryl methyl sites for hydroxylation is 1. The molecule has 6 nitrogen and oxygen atoms in total. The van der Waals surface area contributed by atoms with Crippen LogP contribution in [0.15, 0.2) is 59.5 Å². The number of nitrogens with zero attached hydrogens (tertiary/aromatic N) is 2. The number of piperidine rings is 1. The Morgan fingerprint density at radius 3 is 2.44 bits per heavy atom. The molecule has 3 aromatic rings. The maximum absolute atomic E-state index is 13.1. The first-order valence-electron chi connectivity index (χ1n) is 10.4. The molecule has 0 unspecified atom stereocenters. The number of rotatable bonds is 6. The largest absolute Gasteiger partial charge is 0.338 e. The third kappa shape index (κ3) is 5.16. The molecule has 2 heterocycles. The Labute approximate surface area is 191 Å². The lowest BCUT2D eigenvalue weighted by Gasteiger charge is -2.32. The molecule has 0 radical (unpaired) electrons. The van der Waals surface area contributed by atoms with Crippen molar-refractivity contribution in [1.29, 1.82) is 0 Å². The first-order chi connectivity index (χ1) is 15.3. The van der Waals surface area contributed by atoms with Crippen molar-refractivity contribution in [3.8, 4) is 0 Å². The first-order valence-corrected chi connectivity index (χ1v) is 12.7. The summed E-state index contributed by atoms with van der Waals surface area (Å²) in [4.78, 5) is 19.5. The predicted molar refractivity (Wildman–Crippen MR) is 123 cm³/mol. The molecule has 1 aliphatic heterocycles. The van der Waals surface area contributed by atoms with Gasteiger partial charge in [0.25, 0.3) is 15.9 Å². The number of hydrogen-bond donors (Lipinski definition) is 1. The lowest BCUT2D eigenvalue weighted by molar-refractivity contribution is 0.0694. The monoisotopic (exact) mass is 473 g/mol. The van der Waals surface area contributed by atoms with Gasteiger partial charge in [0.1, 0.15) is 10.7 Å². The fourth-order valence-electron chi connectivity index (χ4n) is 3.86. The zero-order valence-corrected chi connectivity index (χ0v) is 19.3. The molecular weight excluding hydrogens is 449 g/mol. The third-order valence-corrected chi connectivity index (χ3v) is 8.15. The normalized spacial score (nSPS) is 15.0. The number of aromatic nitrogens is 1. The van der Waals surface area contributed by atoms with E-state index in [2.05, 4.69) is 21.8 Å². The summed E-state index contributed by atoms with van der Waals surface area (Å²) in [6, 6.07) is 14.9. The highest BCUT2D eigenvalue weighted by molar-refractivity contribution is 7.93. The van der Waals surface area contributed by atoms with Crippen molar-refractivity contribution in [3.63, 3.8) is 0 Å². The van der Waals surface area contributed by atoms with Crippen molar-refractivity contribution in [3.05, 3.63) is 76.5 Å². The second-order valence-corrected chi connectivity index (χ2v) is 10.6. The molecule has 1 saturated heterocycles. The predicted octanol–water partition coefficient (Wildman–Crippen LogP) is 4.49. The minimum Gasteiger partial charge on any atom is -0.338 e. The summed E-state index contributed by atoms with van der Waals surface area (Å²) in [5.74, 6) is -0.0954. The molecular formula is C23H24FN3O3S2. The van der Waals surface area contributed by atoms with Crippen LogP contribution < -0.4 is 4.72 Å². The van der Waals surface area contributed by atoms with E-state index in [9.17, 15) is 17.6 Å². The molecule has 0 saturated carbocycles. The number of carbonyl (C=O) groups is 1. The number of likely N-dealkylation sites (tertiary alicyclic amines) is 1. The average molecular weight is 474 g/mol. The van der Waals surface area contributed by atoms with E-state index < -0.39 is 15.8 Å². The standard InChI is InChI=1S/C23H24FN3O3S2/c1-16-21(31-23(25-16)26-32(29,30)20-9-7-19(24)8-10-20)22(28)27-13-11-18(12-14-27)15-17-5-3-2-4-6-17/h2-10,18H,11-15H2,1H3,(H,25,26). The Morgan fingerprint density at radius 1 is 1.12 bits per heavy atom. The topological polar surface area (TPSA) is 79.4 Å². The lowest BCUT2D eigenvalue weighted by atomic mass is 9.90. The summed E-state index contributed by atoms with van der Waals surface area (Å²) < 4.78 is 40.5. The number of benzene rings is 2. The summed E-state index contributed by atoms with van der Waals surface area (Å²) in [6.45, 7) is 3.04. The minimum absolute atomic E-state index is 0.0693. The number of amides is 1. The quantitative estimate of drug-likeness (QED) is 0.572. The fraction of sp³-hybridized carbons (Fsp3) is 0.304. The van der Waals surface area contributed by atoms with Gasteiger partial charge in [-0.1, -0.05) is 41.7 Å². The minimum atomic E-state index is -3.91. The molecule has 1 aromatic heterocycles. The Morgan fingerprint density at radius 2 is 1.78 bits per heavy atom. The zero-order valence-electron chi connectivity index (χ0n) is 17.6. The van der Waals surface area contributed by atoms with E-state index in [-0.39, 0.29) is 15.9 Å². The van der Waals surface area contributed by atoms with E-state index in [1.807, 2.05) is 23.1 Å². The Hall–Kier alpha value is -2.78. The van der Waals surface area contributed by atoms with Gasteiger partial charge < -0.3 is 4.90 Å². The van der Waals surface area contributed by atoms with E-state index in [4.69, 9.17) is 0 Å². The van der Waals surface area contributed by atoms with E-state index in [1.54, 1.807) is 6.92 Å². The van der Waals surface area contributed by atoms with Crippen LogP contribution >= 0.6 is 11.3 Å². The number of halogens is 1. The van der Waals surface area contributed by atoms with Crippen molar-refractivity contribution in [2.75, 3.05) is 17.8 Å². The summed E-state index contributed by atoms with van der Waals surface area (Å²) in [5.41, 5.74) is 1.80. The number of thiazole rings is 1. The van der Waals surface area contributed by atoms with E-state index in [0.29, 0.717) is 29.6 Å². The van der Waals surface area contributed by atoms with Gasteiger partial charge in [-0.25, -0.2) is 17.8 Å². The van der Waals surface area contributed by atoms with Crippen molar-refractivity contribution < 1.29 is 17.6 Å². The van der Waals surface area contributed by atoms with Crippen LogP contribution in [0, 0.1) is 18.7 Å². The van der Waals surface area contributed by atoms with Gasteiger partial charge in [-0.3, -0.25) is 9.52 Å². The Kier molecular flexibility index (Phi) is 6.57. The summed E-state index contributed by atoms with van der Waals surface area (Å²) in [7, 11) is -3.91. The van der Waals surface area contributed by atoms with Crippen LogP contribution in [0.25, 0.3) is 0 Å². The molecule has 0 spiro atoms. The highest BCUT2D eigenvalue weighted by Crippen LogP contribution is 2.29. The van der Waals surface area contributed by atoms with Crippen LogP contribution in [0.5, 0.6) is 0 Å². The average Bonchev–Trinajstić information content (AvgIpc) is 3.14. The van der Waals surface area contributed by atoms with E-state index in [0.717, 1.165) is 42.7 Å². The second kappa shape index (κ2) is 9.38. The van der Waals surface area contributed by atoms with Crippen LogP contribution in [0.3, 0.4) is 0 Å². The van der Waals surface area contributed by atoms with Crippen LogP contribution in [-0.4, -0.2) is 37.3 Å². The molecule has 4 rings (SSSR count). The molecule has 0 bridgehead atoms. The first kappa shape index (κ1) is 22.4. The van der Waals surface area contributed by atoms with Crippen molar-refractivity contribution in [2.24, 2.45) is 5.92 Å². The Balaban J connectivity index is 1.39. The molecule has 1 fully saturated rings. The van der Waals surface area contributed by atoms with Crippen LogP contribution in [0.1, 0.15) is 33.8 Å². The van der Waals surface area contributed by atoms with Gasteiger partial charge in [0, 0.05) is 13.1 Å². The molecule has 168 valence electrons.